The highest BCUT2D eigenvalue weighted by Crippen LogP contribution is 2.36. The SMILES string of the molecule is CC(C)CC(C)N(C)C1(C(=O)O)CCCC1. The Labute approximate surface area is 98.8 Å². The van der Waals surface area contributed by atoms with E-state index in [0.29, 0.717) is 12.0 Å². The van der Waals surface area contributed by atoms with Gasteiger partial charge in [-0.1, -0.05) is 26.7 Å². The molecule has 0 aromatic rings. The molecular formula is C13H25NO2. The lowest BCUT2D eigenvalue weighted by molar-refractivity contribution is -0.152. The molecule has 1 fully saturated rings. The Bertz CT molecular complexity index is 244. The van der Waals surface area contributed by atoms with Gasteiger partial charge in [-0.3, -0.25) is 9.69 Å². The molecule has 0 aromatic heterocycles. The van der Waals surface area contributed by atoms with E-state index < -0.39 is 11.5 Å². The van der Waals surface area contributed by atoms with Crippen molar-refractivity contribution in [3.8, 4) is 0 Å². The molecule has 0 aliphatic heterocycles. The van der Waals surface area contributed by atoms with Crippen LogP contribution < -0.4 is 0 Å². The van der Waals surface area contributed by atoms with Gasteiger partial charge in [-0.05, 0) is 39.2 Å². The van der Waals surface area contributed by atoms with E-state index >= 15 is 0 Å². The van der Waals surface area contributed by atoms with Gasteiger partial charge >= 0.3 is 5.97 Å². The summed E-state index contributed by atoms with van der Waals surface area (Å²) in [5.41, 5.74) is -0.589. The molecule has 1 N–H and O–H groups in total. The molecule has 1 aliphatic carbocycles. The lowest BCUT2D eigenvalue weighted by Gasteiger charge is -2.39. The van der Waals surface area contributed by atoms with Crippen LogP contribution in [0.3, 0.4) is 0 Å². The maximum absolute atomic E-state index is 11.5. The zero-order chi connectivity index (χ0) is 12.3. The minimum Gasteiger partial charge on any atom is -0.480 e. The van der Waals surface area contributed by atoms with E-state index in [1.165, 1.54) is 0 Å². The fourth-order valence-electron chi connectivity index (χ4n) is 2.94. The first-order chi connectivity index (χ1) is 7.40. The largest absolute Gasteiger partial charge is 0.480 e. The van der Waals surface area contributed by atoms with Gasteiger partial charge < -0.3 is 5.11 Å². The number of hydrogen-bond acceptors (Lipinski definition) is 2. The van der Waals surface area contributed by atoms with E-state index in [1.54, 1.807) is 0 Å². The summed E-state index contributed by atoms with van der Waals surface area (Å²) in [5, 5.41) is 9.48. The van der Waals surface area contributed by atoms with Gasteiger partial charge in [-0.15, -0.1) is 0 Å². The van der Waals surface area contributed by atoms with Gasteiger partial charge in [-0.2, -0.15) is 0 Å². The number of nitrogens with zero attached hydrogens (tertiary/aromatic N) is 1. The average Bonchev–Trinajstić information content (AvgIpc) is 2.65. The number of aliphatic carboxylic acids is 1. The summed E-state index contributed by atoms with van der Waals surface area (Å²) in [6.45, 7) is 6.52. The topological polar surface area (TPSA) is 40.5 Å². The van der Waals surface area contributed by atoms with E-state index in [0.717, 1.165) is 32.1 Å². The minimum atomic E-state index is -0.636. The van der Waals surface area contributed by atoms with Crippen LogP contribution in [0.5, 0.6) is 0 Å². The maximum Gasteiger partial charge on any atom is 0.324 e. The zero-order valence-corrected chi connectivity index (χ0v) is 11.0. The highest BCUT2D eigenvalue weighted by molar-refractivity contribution is 5.79. The first-order valence-corrected chi connectivity index (χ1v) is 6.36. The molecule has 0 bridgehead atoms. The van der Waals surface area contributed by atoms with Gasteiger partial charge in [-0.25, -0.2) is 0 Å². The second kappa shape index (κ2) is 5.17. The monoisotopic (exact) mass is 227 g/mol. The van der Waals surface area contributed by atoms with Crippen LogP contribution in [0, 0.1) is 5.92 Å². The fourth-order valence-corrected chi connectivity index (χ4v) is 2.94. The first kappa shape index (κ1) is 13.5. The lowest BCUT2D eigenvalue weighted by atomic mass is 9.92. The van der Waals surface area contributed by atoms with Gasteiger partial charge in [0.1, 0.15) is 5.54 Å². The molecule has 1 rings (SSSR count). The first-order valence-electron chi connectivity index (χ1n) is 6.36. The van der Waals surface area contributed by atoms with E-state index in [4.69, 9.17) is 0 Å². The number of hydrogen-bond donors (Lipinski definition) is 1. The van der Waals surface area contributed by atoms with Crippen LogP contribution in [0.15, 0.2) is 0 Å². The van der Waals surface area contributed by atoms with E-state index in [2.05, 4.69) is 25.7 Å². The number of rotatable bonds is 5. The van der Waals surface area contributed by atoms with Gasteiger partial charge in [0.05, 0.1) is 0 Å². The second-order valence-electron chi connectivity index (χ2n) is 5.63. The summed E-state index contributed by atoms with van der Waals surface area (Å²) >= 11 is 0. The van der Waals surface area contributed by atoms with Crippen LogP contribution in [0.25, 0.3) is 0 Å². The highest BCUT2D eigenvalue weighted by atomic mass is 16.4. The quantitative estimate of drug-likeness (QED) is 0.785. The maximum atomic E-state index is 11.5. The zero-order valence-electron chi connectivity index (χ0n) is 11.0. The molecular weight excluding hydrogens is 202 g/mol. The fraction of sp³-hybridized carbons (Fsp3) is 0.923. The Morgan fingerprint density at radius 2 is 1.81 bits per heavy atom. The number of carbonyl (C=O) groups is 1. The van der Waals surface area contributed by atoms with Crippen LogP contribution in [-0.2, 0) is 4.79 Å². The van der Waals surface area contributed by atoms with Crippen LogP contribution >= 0.6 is 0 Å². The summed E-state index contributed by atoms with van der Waals surface area (Å²) in [6.07, 6.45) is 4.77. The summed E-state index contributed by atoms with van der Waals surface area (Å²) in [5.74, 6) is -0.0206. The van der Waals surface area contributed by atoms with Crippen LogP contribution in [0.2, 0.25) is 0 Å². The van der Waals surface area contributed by atoms with Crippen molar-refractivity contribution in [1.82, 2.24) is 4.90 Å². The van der Waals surface area contributed by atoms with Crippen molar-refractivity contribution in [3.63, 3.8) is 0 Å². The van der Waals surface area contributed by atoms with Crippen molar-refractivity contribution in [2.45, 2.75) is 64.5 Å². The number of likely N-dealkylation sites (N-methyl/N-ethyl adjacent to an activating group) is 1. The predicted molar refractivity (Wildman–Crippen MR) is 65.5 cm³/mol. The molecule has 1 atom stereocenters. The van der Waals surface area contributed by atoms with Crippen molar-refractivity contribution < 1.29 is 9.90 Å². The lowest BCUT2D eigenvalue weighted by Crippen LogP contribution is -2.54. The van der Waals surface area contributed by atoms with Crippen LogP contribution in [0.1, 0.15) is 52.9 Å². The minimum absolute atomic E-state index is 0.342. The van der Waals surface area contributed by atoms with Gasteiger partial charge in [0.15, 0.2) is 0 Å². The molecule has 0 spiro atoms. The Balaban J connectivity index is 2.75. The third kappa shape index (κ3) is 2.57. The van der Waals surface area contributed by atoms with Crippen LogP contribution in [-0.4, -0.2) is 34.6 Å². The molecule has 0 radical (unpaired) electrons. The number of carboxylic acid groups (broad SMARTS) is 1. The highest BCUT2D eigenvalue weighted by Gasteiger charge is 2.46. The van der Waals surface area contributed by atoms with Gasteiger partial charge in [0.25, 0.3) is 0 Å². The van der Waals surface area contributed by atoms with E-state index in [-0.39, 0.29) is 0 Å². The van der Waals surface area contributed by atoms with Crippen molar-refractivity contribution in [1.29, 1.82) is 0 Å². The van der Waals surface area contributed by atoms with Crippen molar-refractivity contribution in [3.05, 3.63) is 0 Å². The summed E-state index contributed by atoms with van der Waals surface area (Å²) in [4.78, 5) is 13.6. The molecule has 0 heterocycles. The Morgan fingerprint density at radius 1 is 1.31 bits per heavy atom. The molecule has 0 saturated heterocycles. The normalized spacial score (nSPS) is 21.6. The summed E-state index contributed by atoms with van der Waals surface area (Å²) in [6, 6.07) is 0.342. The molecule has 0 aromatic carbocycles. The standard InChI is InChI=1S/C13H25NO2/c1-10(2)9-11(3)14(4)13(12(15)16)7-5-6-8-13/h10-11H,5-9H2,1-4H3,(H,15,16). The third-order valence-electron chi connectivity index (χ3n) is 3.98. The molecule has 3 nitrogen and oxygen atoms in total. The predicted octanol–water partition coefficient (Wildman–Crippen LogP) is 2.75. The van der Waals surface area contributed by atoms with E-state index in [1.807, 2.05) is 7.05 Å². The molecule has 1 saturated carbocycles. The Morgan fingerprint density at radius 3 is 2.19 bits per heavy atom. The molecule has 94 valence electrons. The summed E-state index contributed by atoms with van der Waals surface area (Å²) in [7, 11) is 1.98. The average molecular weight is 227 g/mol. The molecule has 1 aliphatic rings. The van der Waals surface area contributed by atoms with Gasteiger partial charge in [0, 0.05) is 6.04 Å². The third-order valence-corrected chi connectivity index (χ3v) is 3.98. The van der Waals surface area contributed by atoms with Crippen molar-refractivity contribution in [2.24, 2.45) is 5.92 Å². The summed E-state index contributed by atoms with van der Waals surface area (Å²) < 4.78 is 0. The molecule has 1 unspecified atom stereocenters. The smallest absolute Gasteiger partial charge is 0.324 e. The van der Waals surface area contributed by atoms with Crippen molar-refractivity contribution >= 4 is 5.97 Å². The van der Waals surface area contributed by atoms with Crippen LogP contribution in [0.4, 0.5) is 0 Å². The second-order valence-corrected chi connectivity index (χ2v) is 5.63. The van der Waals surface area contributed by atoms with Gasteiger partial charge in [0.2, 0.25) is 0 Å². The number of carboxylic acids is 1. The Hall–Kier alpha value is -0.570. The van der Waals surface area contributed by atoms with E-state index in [9.17, 15) is 9.90 Å². The Kier molecular flexibility index (Phi) is 4.36. The molecule has 3 heteroatoms. The van der Waals surface area contributed by atoms with Crippen molar-refractivity contribution in [2.75, 3.05) is 7.05 Å². The molecule has 16 heavy (non-hydrogen) atoms. The molecule has 0 amide bonds.